The van der Waals surface area contributed by atoms with Gasteiger partial charge in [-0.05, 0) is 31.2 Å². The van der Waals surface area contributed by atoms with Gasteiger partial charge in [-0.15, -0.1) is 0 Å². The Morgan fingerprint density at radius 1 is 1.19 bits per heavy atom. The first-order valence-corrected chi connectivity index (χ1v) is 7.75. The number of aromatic nitrogens is 4. The molecule has 0 fully saturated rings. The second-order valence-corrected chi connectivity index (χ2v) is 5.79. The van der Waals surface area contributed by atoms with Crippen LogP contribution in [0.5, 0.6) is 0 Å². The lowest BCUT2D eigenvalue weighted by Gasteiger charge is -2.12. The number of hydrogen-bond acceptors (Lipinski definition) is 5. The van der Waals surface area contributed by atoms with Crippen LogP contribution >= 0.6 is 11.8 Å². The minimum atomic E-state index is 0.368. The van der Waals surface area contributed by atoms with Gasteiger partial charge in [0.15, 0.2) is 5.65 Å². The van der Waals surface area contributed by atoms with Gasteiger partial charge in [0.25, 0.3) is 0 Å². The number of benzene rings is 1. The second kappa shape index (κ2) is 6.24. The molecule has 108 valence electrons. The van der Waals surface area contributed by atoms with E-state index in [-0.39, 0.29) is 0 Å². The maximum absolute atomic E-state index is 4.33. The minimum absolute atomic E-state index is 0.368. The first-order valence-electron chi connectivity index (χ1n) is 6.93. The van der Waals surface area contributed by atoms with Crippen molar-refractivity contribution in [3.63, 3.8) is 0 Å². The van der Waals surface area contributed by atoms with Crippen LogP contribution in [0.1, 0.15) is 25.5 Å². The maximum atomic E-state index is 4.33. The molecule has 0 aliphatic carbocycles. The van der Waals surface area contributed by atoms with Crippen LogP contribution in [0, 0.1) is 0 Å². The largest absolute Gasteiger partial charge is 0.341 e. The highest BCUT2D eigenvalue weighted by Gasteiger charge is 2.08. The molecule has 6 heteroatoms. The molecule has 5 nitrogen and oxygen atoms in total. The van der Waals surface area contributed by atoms with Gasteiger partial charge in [-0.1, -0.05) is 30.8 Å². The Balaban J connectivity index is 1.80. The van der Waals surface area contributed by atoms with Gasteiger partial charge in [-0.25, -0.2) is 15.0 Å². The van der Waals surface area contributed by atoms with Gasteiger partial charge in [-0.2, -0.15) is 0 Å². The van der Waals surface area contributed by atoms with Crippen LogP contribution in [-0.4, -0.2) is 26.5 Å². The summed E-state index contributed by atoms with van der Waals surface area (Å²) in [6.07, 6.45) is 3.19. The molecule has 0 radical (unpaired) electrons. The Morgan fingerprint density at radius 2 is 2.00 bits per heavy atom. The van der Waals surface area contributed by atoms with Crippen molar-refractivity contribution in [3.05, 3.63) is 42.5 Å². The molecular formula is C15H17N5S. The average Bonchev–Trinajstić information content (AvgIpc) is 2.98. The quantitative estimate of drug-likeness (QED) is 0.708. The van der Waals surface area contributed by atoms with Crippen molar-refractivity contribution in [2.24, 2.45) is 0 Å². The van der Waals surface area contributed by atoms with E-state index in [1.807, 2.05) is 0 Å². The lowest BCUT2D eigenvalue weighted by molar-refractivity contribution is 0.598. The average molecular weight is 299 g/mol. The summed E-state index contributed by atoms with van der Waals surface area (Å²) < 4.78 is 0. The number of imidazole rings is 1. The van der Waals surface area contributed by atoms with E-state index in [4.69, 9.17) is 0 Å². The van der Waals surface area contributed by atoms with E-state index in [0.29, 0.717) is 11.7 Å². The smallest absolute Gasteiger partial charge is 0.181 e. The molecule has 2 heterocycles. The predicted octanol–water partition coefficient (Wildman–Crippen LogP) is 3.17. The summed E-state index contributed by atoms with van der Waals surface area (Å²) in [5.41, 5.74) is 2.87. The Labute approximate surface area is 127 Å². The van der Waals surface area contributed by atoms with Crippen molar-refractivity contribution in [2.75, 3.05) is 6.54 Å². The molecule has 0 amide bonds. The molecule has 2 aromatic heterocycles. The van der Waals surface area contributed by atoms with Crippen molar-refractivity contribution in [1.82, 2.24) is 25.3 Å². The molecule has 0 saturated heterocycles. The molecule has 0 aliphatic heterocycles. The van der Waals surface area contributed by atoms with E-state index in [0.717, 1.165) is 22.0 Å². The zero-order chi connectivity index (χ0) is 14.7. The highest BCUT2D eigenvalue weighted by atomic mass is 32.2. The summed E-state index contributed by atoms with van der Waals surface area (Å²) in [5.74, 6) is 0. The van der Waals surface area contributed by atoms with E-state index in [2.05, 4.69) is 63.4 Å². The van der Waals surface area contributed by atoms with E-state index >= 15 is 0 Å². The topological polar surface area (TPSA) is 66.5 Å². The lowest BCUT2D eigenvalue weighted by atomic mass is 10.1. The van der Waals surface area contributed by atoms with E-state index in [1.165, 1.54) is 5.56 Å². The Morgan fingerprint density at radius 3 is 2.76 bits per heavy atom. The number of rotatable bonds is 5. The Hall–Kier alpha value is -1.92. The van der Waals surface area contributed by atoms with Crippen LogP contribution < -0.4 is 5.32 Å². The fourth-order valence-corrected chi connectivity index (χ4v) is 3.03. The molecule has 0 bridgehead atoms. The summed E-state index contributed by atoms with van der Waals surface area (Å²) in [6, 6.07) is 8.92. The lowest BCUT2D eigenvalue weighted by Crippen LogP contribution is -2.17. The number of hydrogen-bond donors (Lipinski definition) is 2. The minimum Gasteiger partial charge on any atom is -0.341 e. The fourth-order valence-electron chi connectivity index (χ4n) is 2.18. The molecule has 0 spiro atoms. The number of nitrogens with zero attached hydrogens (tertiary/aromatic N) is 3. The molecule has 0 saturated carbocycles. The monoisotopic (exact) mass is 299 g/mol. The molecule has 3 rings (SSSR count). The third kappa shape index (κ3) is 3.06. The standard InChI is InChI=1S/C15H17N5S/c1-3-16-10(2)11-4-6-12(7-5-11)21-15-13-14(18-8-17-13)19-9-20-15/h4-10,16H,3H2,1-2H3,(H,17,18,19,20). The van der Waals surface area contributed by atoms with Gasteiger partial charge in [0.1, 0.15) is 16.9 Å². The normalized spacial score (nSPS) is 12.7. The molecule has 1 aromatic carbocycles. The molecular weight excluding hydrogens is 282 g/mol. The van der Waals surface area contributed by atoms with E-state index in [1.54, 1.807) is 24.4 Å². The maximum Gasteiger partial charge on any atom is 0.181 e. The van der Waals surface area contributed by atoms with Crippen LogP contribution in [0.25, 0.3) is 11.2 Å². The van der Waals surface area contributed by atoms with Gasteiger partial charge in [0.05, 0.1) is 6.33 Å². The highest BCUT2D eigenvalue weighted by molar-refractivity contribution is 7.99. The van der Waals surface area contributed by atoms with Crippen LogP contribution in [-0.2, 0) is 0 Å². The van der Waals surface area contributed by atoms with Crippen molar-refractivity contribution in [3.8, 4) is 0 Å². The van der Waals surface area contributed by atoms with Gasteiger partial charge in [-0.3, -0.25) is 0 Å². The predicted molar refractivity (Wildman–Crippen MR) is 84.3 cm³/mol. The van der Waals surface area contributed by atoms with E-state index < -0.39 is 0 Å². The molecule has 0 aliphatic rings. The second-order valence-electron chi connectivity index (χ2n) is 4.73. The first-order chi connectivity index (χ1) is 10.3. The Kier molecular flexibility index (Phi) is 4.17. The summed E-state index contributed by atoms with van der Waals surface area (Å²) in [5, 5.41) is 4.30. The first kappa shape index (κ1) is 14.0. The molecule has 3 aromatic rings. The van der Waals surface area contributed by atoms with Crippen molar-refractivity contribution < 1.29 is 0 Å². The van der Waals surface area contributed by atoms with Gasteiger partial charge < -0.3 is 10.3 Å². The Bertz CT molecular complexity index is 722. The molecule has 1 unspecified atom stereocenters. The van der Waals surface area contributed by atoms with Crippen LogP contribution in [0.2, 0.25) is 0 Å². The molecule has 1 atom stereocenters. The van der Waals surface area contributed by atoms with Crippen LogP contribution in [0.4, 0.5) is 0 Å². The third-order valence-corrected chi connectivity index (χ3v) is 4.30. The van der Waals surface area contributed by atoms with Crippen molar-refractivity contribution in [2.45, 2.75) is 29.8 Å². The fraction of sp³-hybridized carbons (Fsp3) is 0.267. The number of nitrogens with one attached hydrogen (secondary N) is 2. The molecule has 21 heavy (non-hydrogen) atoms. The zero-order valence-electron chi connectivity index (χ0n) is 12.0. The summed E-state index contributed by atoms with van der Waals surface area (Å²) in [6.45, 7) is 5.26. The van der Waals surface area contributed by atoms with Crippen LogP contribution in [0.15, 0.2) is 46.8 Å². The van der Waals surface area contributed by atoms with Crippen molar-refractivity contribution in [1.29, 1.82) is 0 Å². The van der Waals surface area contributed by atoms with Gasteiger partial charge in [0, 0.05) is 10.9 Å². The van der Waals surface area contributed by atoms with Gasteiger partial charge >= 0.3 is 0 Å². The number of fused-ring (bicyclic) bond motifs is 1. The summed E-state index contributed by atoms with van der Waals surface area (Å²) >= 11 is 1.61. The molecule has 2 N–H and O–H groups in total. The number of H-pyrrole nitrogens is 1. The van der Waals surface area contributed by atoms with E-state index in [9.17, 15) is 0 Å². The summed E-state index contributed by atoms with van der Waals surface area (Å²) in [4.78, 5) is 16.8. The summed E-state index contributed by atoms with van der Waals surface area (Å²) in [7, 11) is 0. The van der Waals surface area contributed by atoms with Gasteiger partial charge in [0.2, 0.25) is 0 Å². The SMILES string of the molecule is CCNC(C)c1ccc(Sc2ncnc3nc[nH]c23)cc1. The zero-order valence-corrected chi connectivity index (χ0v) is 12.8. The van der Waals surface area contributed by atoms with Crippen molar-refractivity contribution >= 4 is 22.9 Å². The highest BCUT2D eigenvalue weighted by Crippen LogP contribution is 2.30. The third-order valence-electron chi connectivity index (χ3n) is 3.29. The van der Waals surface area contributed by atoms with Crippen LogP contribution in [0.3, 0.4) is 0 Å². The number of aromatic amines is 1.